The second-order valence-corrected chi connectivity index (χ2v) is 6.94. The van der Waals surface area contributed by atoms with Gasteiger partial charge in [0, 0.05) is 12.4 Å². The van der Waals surface area contributed by atoms with Gasteiger partial charge in [-0.3, -0.25) is 14.7 Å². The predicted octanol–water partition coefficient (Wildman–Crippen LogP) is 4.24. The van der Waals surface area contributed by atoms with Gasteiger partial charge in [0.05, 0.1) is 23.0 Å². The van der Waals surface area contributed by atoms with Crippen LogP contribution in [-0.4, -0.2) is 20.9 Å². The highest BCUT2D eigenvalue weighted by Crippen LogP contribution is 2.31. The molecular weight excluding hydrogens is 344 g/mol. The summed E-state index contributed by atoms with van der Waals surface area (Å²) in [6.45, 7) is 2.47. The third kappa shape index (κ3) is 3.32. The van der Waals surface area contributed by atoms with Crippen LogP contribution in [-0.2, 0) is 6.54 Å². The van der Waals surface area contributed by atoms with Crippen LogP contribution in [0, 0.1) is 6.92 Å². The van der Waals surface area contributed by atoms with Crippen LogP contribution in [0.1, 0.15) is 21.6 Å². The van der Waals surface area contributed by atoms with Crippen molar-refractivity contribution in [2.45, 2.75) is 13.5 Å². The number of aromatic nitrogens is 3. The van der Waals surface area contributed by atoms with E-state index in [1.807, 2.05) is 49.4 Å². The molecular formula is C20H16N4OS. The number of benzene rings is 2. The molecule has 1 amide bonds. The molecule has 5 nitrogen and oxygen atoms in total. The third-order valence-corrected chi connectivity index (χ3v) is 5.02. The number of hydrogen-bond donors (Lipinski definition) is 0. The van der Waals surface area contributed by atoms with Crippen molar-refractivity contribution >= 4 is 32.6 Å². The number of nitrogens with zero attached hydrogens (tertiary/aromatic N) is 4. The Morgan fingerprint density at radius 2 is 1.96 bits per heavy atom. The second-order valence-electron chi connectivity index (χ2n) is 5.94. The van der Waals surface area contributed by atoms with Crippen molar-refractivity contribution in [3.8, 4) is 0 Å². The highest BCUT2D eigenvalue weighted by atomic mass is 32.1. The highest BCUT2D eigenvalue weighted by Gasteiger charge is 2.22. The van der Waals surface area contributed by atoms with Crippen molar-refractivity contribution in [3.63, 3.8) is 0 Å². The molecule has 0 unspecified atom stereocenters. The van der Waals surface area contributed by atoms with Gasteiger partial charge in [0.25, 0.3) is 5.91 Å². The molecule has 2 aromatic carbocycles. The molecule has 0 bridgehead atoms. The van der Waals surface area contributed by atoms with Crippen molar-refractivity contribution in [3.05, 3.63) is 83.9 Å². The van der Waals surface area contributed by atoms with E-state index in [0.717, 1.165) is 15.8 Å². The van der Waals surface area contributed by atoms with Gasteiger partial charge < -0.3 is 0 Å². The molecule has 0 radical (unpaired) electrons. The highest BCUT2D eigenvalue weighted by molar-refractivity contribution is 7.22. The van der Waals surface area contributed by atoms with Gasteiger partial charge in [-0.15, -0.1) is 0 Å². The number of aryl methyl sites for hydroxylation is 1. The van der Waals surface area contributed by atoms with E-state index in [9.17, 15) is 4.79 Å². The fraction of sp³-hybridized carbons (Fsp3) is 0.100. The number of hydrogen-bond acceptors (Lipinski definition) is 5. The Kier molecular flexibility index (Phi) is 4.41. The molecule has 0 aliphatic carbocycles. The molecule has 0 saturated carbocycles. The fourth-order valence-corrected chi connectivity index (χ4v) is 3.74. The quantitative estimate of drug-likeness (QED) is 0.546. The second kappa shape index (κ2) is 7.01. The largest absolute Gasteiger partial charge is 0.280 e. The number of thiazole rings is 1. The summed E-state index contributed by atoms with van der Waals surface area (Å²) in [5, 5.41) is 0.658. The van der Waals surface area contributed by atoms with E-state index in [1.54, 1.807) is 11.1 Å². The minimum absolute atomic E-state index is 0.210. The summed E-state index contributed by atoms with van der Waals surface area (Å²) < 4.78 is 1.06. The van der Waals surface area contributed by atoms with Crippen LogP contribution in [0.15, 0.2) is 67.1 Å². The molecule has 0 aliphatic heterocycles. The topological polar surface area (TPSA) is 59.0 Å². The smallest absolute Gasteiger partial charge is 0.278 e. The summed E-state index contributed by atoms with van der Waals surface area (Å²) in [6.07, 6.45) is 4.56. The summed E-state index contributed by atoms with van der Waals surface area (Å²) in [5.41, 5.74) is 3.39. The van der Waals surface area contributed by atoms with Gasteiger partial charge in [-0.05, 0) is 30.2 Å². The van der Waals surface area contributed by atoms with Crippen molar-refractivity contribution in [1.82, 2.24) is 15.0 Å². The molecule has 0 spiro atoms. The maximum Gasteiger partial charge on any atom is 0.280 e. The summed E-state index contributed by atoms with van der Waals surface area (Å²) >= 11 is 1.51. The normalized spacial score (nSPS) is 10.8. The number of rotatable bonds is 4. The molecule has 128 valence electrons. The SMILES string of the molecule is Cc1ccc2nc(N(Cc3ccccc3)C(=O)c3cnccn3)sc2c1. The first-order valence-electron chi connectivity index (χ1n) is 8.20. The molecule has 0 saturated heterocycles. The number of carbonyl (C=O) groups excluding carboxylic acids is 1. The summed E-state index contributed by atoms with van der Waals surface area (Å²) in [5.74, 6) is -0.210. The molecule has 0 fully saturated rings. The van der Waals surface area contributed by atoms with Gasteiger partial charge in [0.2, 0.25) is 0 Å². The average molecular weight is 360 g/mol. The lowest BCUT2D eigenvalue weighted by molar-refractivity contribution is 0.0980. The molecule has 4 rings (SSSR count). The summed E-state index contributed by atoms with van der Waals surface area (Å²) in [4.78, 5) is 27.6. The van der Waals surface area contributed by atoms with Crippen LogP contribution in [0.4, 0.5) is 5.13 Å². The first-order chi connectivity index (χ1) is 12.7. The lowest BCUT2D eigenvalue weighted by atomic mass is 10.2. The number of fused-ring (bicyclic) bond motifs is 1. The van der Waals surface area contributed by atoms with Gasteiger partial charge in [-0.1, -0.05) is 47.7 Å². The molecule has 6 heteroatoms. The van der Waals surface area contributed by atoms with Crippen LogP contribution in [0.2, 0.25) is 0 Å². The van der Waals surface area contributed by atoms with E-state index in [-0.39, 0.29) is 5.91 Å². The van der Waals surface area contributed by atoms with E-state index in [4.69, 9.17) is 0 Å². The number of anilines is 1. The minimum Gasteiger partial charge on any atom is -0.278 e. The van der Waals surface area contributed by atoms with Crippen LogP contribution >= 0.6 is 11.3 Å². The predicted molar refractivity (Wildman–Crippen MR) is 103 cm³/mol. The zero-order chi connectivity index (χ0) is 17.9. The Morgan fingerprint density at radius 1 is 1.12 bits per heavy atom. The van der Waals surface area contributed by atoms with E-state index in [1.165, 1.54) is 29.3 Å². The average Bonchev–Trinajstić information content (AvgIpc) is 3.10. The first kappa shape index (κ1) is 16.4. The maximum atomic E-state index is 13.1. The van der Waals surface area contributed by atoms with E-state index in [0.29, 0.717) is 17.4 Å². The standard InChI is InChI=1S/C20H16N4OS/c1-14-7-8-16-18(11-14)26-20(23-16)24(13-15-5-3-2-4-6-15)19(25)17-12-21-9-10-22-17/h2-12H,13H2,1H3. The van der Waals surface area contributed by atoms with Crippen molar-refractivity contribution < 1.29 is 4.79 Å². The Morgan fingerprint density at radius 3 is 2.73 bits per heavy atom. The molecule has 0 aliphatic rings. The molecule has 0 atom stereocenters. The summed E-state index contributed by atoms with van der Waals surface area (Å²) in [6, 6.07) is 16.0. The molecule has 4 aromatic rings. The van der Waals surface area contributed by atoms with Gasteiger partial charge >= 0.3 is 0 Å². The first-order valence-corrected chi connectivity index (χ1v) is 9.01. The zero-order valence-corrected chi connectivity index (χ0v) is 15.0. The molecule has 26 heavy (non-hydrogen) atoms. The van der Waals surface area contributed by atoms with Crippen LogP contribution in [0.3, 0.4) is 0 Å². The lowest BCUT2D eigenvalue weighted by Crippen LogP contribution is -2.31. The maximum absolute atomic E-state index is 13.1. The van der Waals surface area contributed by atoms with Crippen molar-refractivity contribution in [2.75, 3.05) is 4.90 Å². The van der Waals surface area contributed by atoms with Gasteiger partial charge in [-0.25, -0.2) is 9.97 Å². The van der Waals surface area contributed by atoms with Crippen LogP contribution in [0.25, 0.3) is 10.2 Å². The molecule has 0 N–H and O–H groups in total. The van der Waals surface area contributed by atoms with Gasteiger partial charge in [-0.2, -0.15) is 0 Å². The van der Waals surface area contributed by atoms with E-state index < -0.39 is 0 Å². The Labute approximate surface area is 155 Å². The third-order valence-electron chi connectivity index (χ3n) is 3.97. The van der Waals surface area contributed by atoms with Crippen LogP contribution < -0.4 is 4.90 Å². The molecule has 2 heterocycles. The van der Waals surface area contributed by atoms with Crippen molar-refractivity contribution in [1.29, 1.82) is 0 Å². The fourth-order valence-electron chi connectivity index (χ4n) is 2.68. The lowest BCUT2D eigenvalue weighted by Gasteiger charge is -2.19. The van der Waals surface area contributed by atoms with E-state index in [2.05, 4.69) is 21.0 Å². The van der Waals surface area contributed by atoms with Crippen LogP contribution in [0.5, 0.6) is 0 Å². The Bertz CT molecular complexity index is 1050. The van der Waals surface area contributed by atoms with Gasteiger partial charge in [0.1, 0.15) is 5.69 Å². The zero-order valence-electron chi connectivity index (χ0n) is 14.2. The summed E-state index contributed by atoms with van der Waals surface area (Å²) in [7, 11) is 0. The Balaban J connectivity index is 1.77. The Hall–Kier alpha value is -3.12. The number of carbonyl (C=O) groups is 1. The number of amides is 1. The van der Waals surface area contributed by atoms with Gasteiger partial charge in [0.15, 0.2) is 5.13 Å². The monoisotopic (exact) mass is 360 g/mol. The van der Waals surface area contributed by atoms with Crippen molar-refractivity contribution in [2.24, 2.45) is 0 Å². The minimum atomic E-state index is -0.210. The molecule has 2 aromatic heterocycles. The van der Waals surface area contributed by atoms with E-state index >= 15 is 0 Å².